The van der Waals surface area contributed by atoms with Crippen molar-refractivity contribution in [2.45, 2.75) is 26.3 Å². The zero-order chi connectivity index (χ0) is 11.6. The van der Waals surface area contributed by atoms with Gasteiger partial charge in [-0.15, -0.1) is 0 Å². The van der Waals surface area contributed by atoms with Crippen molar-refractivity contribution in [1.82, 2.24) is 0 Å². The Balaban J connectivity index is 3.07. The quantitative estimate of drug-likeness (QED) is 0.372. The van der Waals surface area contributed by atoms with Crippen molar-refractivity contribution < 1.29 is 10.2 Å². The van der Waals surface area contributed by atoms with Crippen molar-refractivity contribution in [3.05, 3.63) is 23.8 Å². The highest BCUT2D eigenvalue weighted by Gasteiger charge is 2.10. The zero-order valence-corrected chi connectivity index (χ0v) is 9.15. The maximum absolute atomic E-state index is 9.29. The predicted octanol–water partition coefficient (Wildman–Crippen LogP) is 1.60. The summed E-state index contributed by atoms with van der Waals surface area (Å²) in [6.07, 6.45) is 0. The van der Waals surface area contributed by atoms with E-state index in [1.165, 1.54) is 12.1 Å². The Kier molecular flexibility index (Phi) is 2.88. The van der Waals surface area contributed by atoms with Gasteiger partial charge >= 0.3 is 0 Å². The third-order valence-electron chi connectivity index (χ3n) is 1.73. The molecule has 0 aliphatic rings. The van der Waals surface area contributed by atoms with Crippen molar-refractivity contribution in [2.24, 2.45) is 10.7 Å². The van der Waals surface area contributed by atoms with Crippen LogP contribution in [0.4, 0.5) is 0 Å². The van der Waals surface area contributed by atoms with Gasteiger partial charge in [-0.25, -0.2) is 0 Å². The van der Waals surface area contributed by atoms with Gasteiger partial charge in [-0.2, -0.15) is 0 Å². The number of phenolic OH excluding ortho intramolecular Hbond substituents is 2. The molecule has 0 saturated heterocycles. The van der Waals surface area contributed by atoms with Crippen LogP contribution in [0.2, 0.25) is 0 Å². The molecule has 0 amide bonds. The van der Waals surface area contributed by atoms with Gasteiger partial charge in [-0.1, -0.05) is 0 Å². The topological polar surface area (TPSA) is 78.8 Å². The first-order valence-corrected chi connectivity index (χ1v) is 4.67. The fraction of sp³-hybridized carbons (Fsp3) is 0.364. The summed E-state index contributed by atoms with van der Waals surface area (Å²) in [5.74, 6) is -0.0142. The molecule has 0 unspecified atom stereocenters. The van der Waals surface area contributed by atoms with Crippen LogP contribution in [0.15, 0.2) is 23.2 Å². The Morgan fingerprint density at radius 2 is 1.80 bits per heavy atom. The minimum Gasteiger partial charge on any atom is -0.504 e. The first-order chi connectivity index (χ1) is 6.79. The van der Waals surface area contributed by atoms with E-state index in [1.54, 1.807) is 6.07 Å². The Labute approximate surface area is 89.1 Å². The van der Waals surface area contributed by atoms with Gasteiger partial charge in [0, 0.05) is 5.56 Å². The molecular formula is C11H16N2O2. The molecule has 0 saturated carbocycles. The van der Waals surface area contributed by atoms with E-state index in [-0.39, 0.29) is 17.0 Å². The second-order valence-corrected chi connectivity index (χ2v) is 4.37. The maximum atomic E-state index is 9.29. The number of hydrogen-bond acceptors (Lipinski definition) is 3. The van der Waals surface area contributed by atoms with Crippen LogP contribution in [-0.4, -0.2) is 21.6 Å². The Morgan fingerprint density at radius 1 is 1.20 bits per heavy atom. The molecule has 1 rings (SSSR count). The highest BCUT2D eigenvalue weighted by molar-refractivity contribution is 5.98. The van der Waals surface area contributed by atoms with Gasteiger partial charge in [-0.05, 0) is 39.0 Å². The maximum Gasteiger partial charge on any atom is 0.158 e. The second-order valence-electron chi connectivity index (χ2n) is 4.37. The van der Waals surface area contributed by atoms with Crippen molar-refractivity contribution in [3.8, 4) is 11.5 Å². The van der Waals surface area contributed by atoms with Gasteiger partial charge in [0.25, 0.3) is 0 Å². The Hall–Kier alpha value is -1.71. The molecular weight excluding hydrogens is 192 g/mol. The fourth-order valence-electron chi connectivity index (χ4n) is 1.11. The third-order valence-corrected chi connectivity index (χ3v) is 1.73. The lowest BCUT2D eigenvalue weighted by molar-refractivity contribution is 0.403. The lowest BCUT2D eigenvalue weighted by Crippen LogP contribution is -2.21. The number of benzene rings is 1. The van der Waals surface area contributed by atoms with E-state index in [9.17, 15) is 5.11 Å². The lowest BCUT2D eigenvalue weighted by atomic mass is 10.1. The summed E-state index contributed by atoms with van der Waals surface area (Å²) in [6, 6.07) is 4.38. The number of amidine groups is 1. The highest BCUT2D eigenvalue weighted by atomic mass is 16.3. The molecule has 0 radical (unpaired) electrons. The van der Waals surface area contributed by atoms with Crippen LogP contribution in [0.3, 0.4) is 0 Å². The molecule has 0 bridgehead atoms. The minimum atomic E-state index is -0.266. The molecule has 82 valence electrons. The molecule has 4 nitrogen and oxygen atoms in total. The van der Waals surface area contributed by atoms with Crippen LogP contribution in [-0.2, 0) is 0 Å². The Morgan fingerprint density at radius 3 is 2.27 bits per heavy atom. The van der Waals surface area contributed by atoms with Gasteiger partial charge < -0.3 is 15.9 Å². The lowest BCUT2D eigenvalue weighted by Gasteiger charge is -2.13. The van der Waals surface area contributed by atoms with E-state index in [0.717, 1.165) is 0 Å². The molecule has 0 fully saturated rings. The van der Waals surface area contributed by atoms with Crippen molar-refractivity contribution in [2.75, 3.05) is 0 Å². The molecule has 4 heteroatoms. The van der Waals surface area contributed by atoms with Crippen LogP contribution >= 0.6 is 0 Å². The standard InChI is InChI=1S/C11H16N2O2/c1-11(2,3)13-10(12)7-4-5-8(14)9(15)6-7/h4-6,14-15H,1-3H3,(H2,12,13). The third kappa shape index (κ3) is 3.16. The van der Waals surface area contributed by atoms with Crippen molar-refractivity contribution in [3.63, 3.8) is 0 Å². The first-order valence-electron chi connectivity index (χ1n) is 4.67. The monoisotopic (exact) mass is 208 g/mol. The highest BCUT2D eigenvalue weighted by Crippen LogP contribution is 2.25. The summed E-state index contributed by atoms with van der Waals surface area (Å²) in [7, 11) is 0. The van der Waals surface area contributed by atoms with Gasteiger partial charge in [0.15, 0.2) is 11.5 Å². The average Bonchev–Trinajstić information content (AvgIpc) is 2.06. The summed E-state index contributed by atoms with van der Waals surface area (Å²) in [5.41, 5.74) is 6.09. The largest absolute Gasteiger partial charge is 0.504 e. The zero-order valence-electron chi connectivity index (χ0n) is 9.15. The molecule has 1 aromatic rings. The predicted molar refractivity (Wildman–Crippen MR) is 60.2 cm³/mol. The van der Waals surface area contributed by atoms with Crippen LogP contribution in [0.25, 0.3) is 0 Å². The molecule has 15 heavy (non-hydrogen) atoms. The molecule has 0 aliphatic carbocycles. The van der Waals surface area contributed by atoms with Crippen LogP contribution in [0.1, 0.15) is 26.3 Å². The molecule has 0 aromatic heterocycles. The van der Waals surface area contributed by atoms with Crippen LogP contribution in [0.5, 0.6) is 11.5 Å². The number of phenols is 2. The molecule has 0 aliphatic heterocycles. The summed E-state index contributed by atoms with van der Waals surface area (Å²) >= 11 is 0. The summed E-state index contributed by atoms with van der Waals surface area (Å²) in [4.78, 5) is 4.25. The Bertz CT molecular complexity index is 392. The van der Waals surface area contributed by atoms with E-state index in [2.05, 4.69) is 4.99 Å². The van der Waals surface area contributed by atoms with E-state index >= 15 is 0 Å². The van der Waals surface area contributed by atoms with E-state index in [0.29, 0.717) is 11.4 Å². The molecule has 0 heterocycles. The number of aliphatic imine (C=N–C) groups is 1. The van der Waals surface area contributed by atoms with Gasteiger partial charge in [0.1, 0.15) is 5.84 Å². The SMILES string of the molecule is CC(C)(C)N=C(N)c1ccc(O)c(O)c1. The number of nitrogens with two attached hydrogens (primary N) is 1. The van der Waals surface area contributed by atoms with E-state index < -0.39 is 0 Å². The van der Waals surface area contributed by atoms with Gasteiger partial charge in [-0.3, -0.25) is 4.99 Å². The van der Waals surface area contributed by atoms with Crippen LogP contribution in [0, 0.1) is 0 Å². The minimum absolute atomic E-state index is 0.165. The summed E-state index contributed by atoms with van der Waals surface area (Å²) in [5, 5.41) is 18.4. The van der Waals surface area contributed by atoms with Gasteiger partial charge in [0.05, 0.1) is 5.54 Å². The number of aromatic hydroxyl groups is 2. The smallest absolute Gasteiger partial charge is 0.158 e. The van der Waals surface area contributed by atoms with Crippen LogP contribution < -0.4 is 5.73 Å². The summed E-state index contributed by atoms with van der Waals surface area (Å²) < 4.78 is 0. The average molecular weight is 208 g/mol. The van der Waals surface area contributed by atoms with Crippen molar-refractivity contribution in [1.29, 1.82) is 0 Å². The fourth-order valence-corrected chi connectivity index (χ4v) is 1.11. The normalized spacial score (nSPS) is 12.9. The molecule has 1 aromatic carbocycles. The second kappa shape index (κ2) is 3.81. The van der Waals surface area contributed by atoms with E-state index in [1.807, 2.05) is 20.8 Å². The number of hydrogen-bond donors (Lipinski definition) is 3. The molecule has 0 spiro atoms. The van der Waals surface area contributed by atoms with Gasteiger partial charge in [0.2, 0.25) is 0 Å². The molecule has 0 atom stereocenters. The number of nitrogens with zero attached hydrogens (tertiary/aromatic N) is 1. The van der Waals surface area contributed by atoms with Crippen molar-refractivity contribution >= 4 is 5.84 Å². The first kappa shape index (κ1) is 11.4. The number of rotatable bonds is 1. The molecule has 4 N–H and O–H groups in total. The van der Waals surface area contributed by atoms with E-state index in [4.69, 9.17) is 10.8 Å². The summed E-state index contributed by atoms with van der Waals surface area (Å²) in [6.45, 7) is 5.79.